The molecule has 0 amide bonds. The average molecular weight is 291 g/mol. The third-order valence-electron chi connectivity index (χ3n) is 4.16. The quantitative estimate of drug-likeness (QED) is 0.479. The van der Waals surface area contributed by atoms with E-state index in [-0.39, 0.29) is 0 Å². The predicted molar refractivity (Wildman–Crippen MR) is 83.2 cm³/mol. The molecule has 2 N–H and O–H groups in total. The normalized spacial score (nSPS) is 18.5. The lowest BCUT2D eigenvalue weighted by Crippen LogP contribution is -2.37. The molecule has 2 rings (SSSR count). The van der Waals surface area contributed by atoms with Crippen LogP contribution in [-0.2, 0) is 6.42 Å². The molecule has 0 saturated heterocycles. The Hall–Kier alpha value is -1.55. The van der Waals surface area contributed by atoms with Gasteiger partial charge in [-0.3, -0.25) is 0 Å². The van der Waals surface area contributed by atoms with E-state index >= 15 is 0 Å². The van der Waals surface area contributed by atoms with Crippen LogP contribution in [-0.4, -0.2) is 28.2 Å². The van der Waals surface area contributed by atoms with Crippen molar-refractivity contribution >= 4 is 5.71 Å². The van der Waals surface area contributed by atoms with Crippen molar-refractivity contribution in [1.29, 1.82) is 0 Å². The molecule has 116 valence electrons. The minimum Gasteiger partial charge on any atom is -0.491 e. The third kappa shape index (κ3) is 5.05. The Bertz CT molecular complexity index is 461. The Kier molecular flexibility index (Phi) is 5.62. The van der Waals surface area contributed by atoms with Crippen molar-refractivity contribution in [3.8, 4) is 5.75 Å². The molecule has 1 aromatic carbocycles. The molecule has 4 heteroatoms. The summed E-state index contributed by atoms with van der Waals surface area (Å²) in [6, 6.07) is 7.91. The molecule has 0 heterocycles. The van der Waals surface area contributed by atoms with Crippen LogP contribution < -0.4 is 4.74 Å². The first kappa shape index (κ1) is 15.8. The second-order valence-electron chi connectivity index (χ2n) is 6.05. The molecule has 0 aromatic heterocycles. The van der Waals surface area contributed by atoms with Gasteiger partial charge >= 0.3 is 0 Å². The van der Waals surface area contributed by atoms with Gasteiger partial charge in [0, 0.05) is 0 Å². The van der Waals surface area contributed by atoms with Gasteiger partial charge in [0.25, 0.3) is 0 Å². The number of hydrogen-bond donors (Lipinski definition) is 2. The van der Waals surface area contributed by atoms with Gasteiger partial charge in [-0.2, -0.15) is 0 Å². The minimum atomic E-state index is -0.647. The molecule has 1 fully saturated rings. The monoisotopic (exact) mass is 291 g/mol. The number of aryl methyl sites for hydroxylation is 1. The molecular formula is C17H25NO3. The lowest BCUT2D eigenvalue weighted by molar-refractivity contribution is -0.0339. The predicted octanol–water partition coefficient (Wildman–Crippen LogP) is 3.54. The van der Waals surface area contributed by atoms with Crippen LogP contribution in [0.3, 0.4) is 0 Å². The summed E-state index contributed by atoms with van der Waals surface area (Å²) in [6.45, 7) is 2.19. The van der Waals surface area contributed by atoms with Gasteiger partial charge in [0.1, 0.15) is 12.4 Å². The van der Waals surface area contributed by atoms with Gasteiger partial charge in [-0.25, -0.2) is 0 Å². The van der Waals surface area contributed by atoms with Crippen LogP contribution in [0.15, 0.2) is 29.4 Å². The highest BCUT2D eigenvalue weighted by atomic mass is 16.5. The molecule has 1 saturated carbocycles. The van der Waals surface area contributed by atoms with E-state index < -0.39 is 5.60 Å². The van der Waals surface area contributed by atoms with E-state index in [9.17, 15) is 5.11 Å². The zero-order chi connectivity index (χ0) is 15.1. The summed E-state index contributed by atoms with van der Waals surface area (Å²) in [4.78, 5) is 0. The summed E-state index contributed by atoms with van der Waals surface area (Å²) in [6.07, 6.45) is 6.66. The molecule has 0 radical (unpaired) electrons. The number of oxime groups is 1. The van der Waals surface area contributed by atoms with Crippen molar-refractivity contribution in [2.24, 2.45) is 5.16 Å². The molecule has 0 atom stereocenters. The maximum atomic E-state index is 10.4. The molecule has 0 unspecified atom stereocenters. The summed E-state index contributed by atoms with van der Waals surface area (Å²) in [5.41, 5.74) is 1.27. The zero-order valence-electron chi connectivity index (χ0n) is 12.7. The van der Waals surface area contributed by atoms with Gasteiger partial charge in [-0.05, 0) is 50.3 Å². The smallest absolute Gasteiger partial charge is 0.119 e. The minimum absolute atomic E-state index is 0.378. The van der Waals surface area contributed by atoms with Crippen molar-refractivity contribution in [1.82, 2.24) is 0 Å². The fourth-order valence-electron chi connectivity index (χ4n) is 2.70. The van der Waals surface area contributed by atoms with Crippen LogP contribution in [0, 0.1) is 0 Å². The zero-order valence-corrected chi connectivity index (χ0v) is 12.7. The molecule has 0 aliphatic heterocycles. The second kappa shape index (κ2) is 7.46. The fraction of sp³-hybridized carbons (Fsp3) is 0.588. The van der Waals surface area contributed by atoms with Crippen molar-refractivity contribution in [2.75, 3.05) is 6.61 Å². The first-order valence-electron chi connectivity index (χ1n) is 7.73. The number of hydrogen-bond acceptors (Lipinski definition) is 4. The molecule has 1 aromatic rings. The number of rotatable bonds is 6. The van der Waals surface area contributed by atoms with E-state index in [1.54, 1.807) is 0 Å². The summed E-state index contributed by atoms with van der Waals surface area (Å²) in [7, 11) is 0. The van der Waals surface area contributed by atoms with Crippen molar-refractivity contribution < 1.29 is 15.1 Å². The average Bonchev–Trinajstić information content (AvgIpc) is 2.52. The van der Waals surface area contributed by atoms with Crippen LogP contribution in [0.5, 0.6) is 5.75 Å². The molecule has 0 bridgehead atoms. The Morgan fingerprint density at radius 2 is 1.86 bits per heavy atom. The van der Waals surface area contributed by atoms with Crippen LogP contribution in [0.2, 0.25) is 0 Å². The number of nitrogens with zero attached hydrogens (tertiary/aromatic N) is 1. The van der Waals surface area contributed by atoms with E-state index in [0.29, 0.717) is 6.61 Å². The van der Waals surface area contributed by atoms with Gasteiger partial charge in [-0.15, -0.1) is 0 Å². The number of benzene rings is 1. The van der Waals surface area contributed by atoms with E-state index in [4.69, 9.17) is 9.94 Å². The van der Waals surface area contributed by atoms with Crippen molar-refractivity contribution in [3.63, 3.8) is 0 Å². The first-order chi connectivity index (χ1) is 10.1. The molecule has 1 aliphatic carbocycles. The van der Waals surface area contributed by atoms with Crippen LogP contribution >= 0.6 is 0 Å². The van der Waals surface area contributed by atoms with E-state index in [0.717, 1.165) is 50.0 Å². The Balaban J connectivity index is 1.82. The SMILES string of the molecule is CC(CCc1ccc(OCC2(O)CCCCC2)cc1)=NO. The van der Waals surface area contributed by atoms with Crippen LogP contribution in [0.4, 0.5) is 0 Å². The summed E-state index contributed by atoms with van der Waals surface area (Å²) in [5.74, 6) is 0.797. The third-order valence-corrected chi connectivity index (χ3v) is 4.16. The topological polar surface area (TPSA) is 62.0 Å². The van der Waals surface area contributed by atoms with Gasteiger partial charge < -0.3 is 15.1 Å². The van der Waals surface area contributed by atoms with Gasteiger partial charge in [0.05, 0.1) is 11.3 Å². The lowest BCUT2D eigenvalue weighted by atomic mass is 9.85. The Morgan fingerprint density at radius 1 is 1.19 bits per heavy atom. The van der Waals surface area contributed by atoms with Gasteiger partial charge in [0.15, 0.2) is 0 Å². The summed E-state index contributed by atoms with van der Waals surface area (Å²) >= 11 is 0. The largest absolute Gasteiger partial charge is 0.491 e. The fourth-order valence-corrected chi connectivity index (χ4v) is 2.70. The maximum absolute atomic E-state index is 10.4. The van der Waals surface area contributed by atoms with Crippen LogP contribution in [0.25, 0.3) is 0 Å². The molecule has 21 heavy (non-hydrogen) atoms. The summed E-state index contributed by atoms with van der Waals surface area (Å²) in [5, 5.41) is 22.2. The van der Waals surface area contributed by atoms with Crippen LogP contribution in [0.1, 0.15) is 51.0 Å². The standard InChI is InChI=1S/C17H25NO3/c1-14(18-20)5-6-15-7-9-16(10-8-15)21-13-17(19)11-3-2-4-12-17/h7-10,19-20H,2-6,11-13H2,1H3. The highest BCUT2D eigenvalue weighted by Gasteiger charge is 2.29. The van der Waals surface area contributed by atoms with Gasteiger partial charge in [-0.1, -0.05) is 36.6 Å². The molecular weight excluding hydrogens is 266 g/mol. The first-order valence-corrected chi connectivity index (χ1v) is 7.73. The second-order valence-corrected chi connectivity index (χ2v) is 6.05. The highest BCUT2D eigenvalue weighted by Crippen LogP contribution is 2.28. The summed E-state index contributed by atoms with van der Waals surface area (Å²) < 4.78 is 5.74. The molecule has 1 aliphatic rings. The lowest BCUT2D eigenvalue weighted by Gasteiger charge is -2.31. The van der Waals surface area contributed by atoms with E-state index in [1.165, 1.54) is 12.0 Å². The highest BCUT2D eigenvalue weighted by molar-refractivity contribution is 5.81. The van der Waals surface area contributed by atoms with Gasteiger partial charge in [0.2, 0.25) is 0 Å². The Morgan fingerprint density at radius 3 is 2.48 bits per heavy atom. The number of aliphatic hydroxyl groups is 1. The molecule has 0 spiro atoms. The molecule has 4 nitrogen and oxygen atoms in total. The van der Waals surface area contributed by atoms with E-state index in [2.05, 4.69) is 5.16 Å². The maximum Gasteiger partial charge on any atom is 0.119 e. The van der Waals surface area contributed by atoms with Crippen molar-refractivity contribution in [2.45, 2.75) is 57.5 Å². The van der Waals surface area contributed by atoms with Crippen molar-refractivity contribution in [3.05, 3.63) is 29.8 Å². The number of ether oxygens (including phenoxy) is 1. The Labute approximate surface area is 126 Å². The van der Waals surface area contributed by atoms with E-state index in [1.807, 2.05) is 31.2 Å².